The lowest BCUT2D eigenvalue weighted by Gasteiger charge is -2.13. The molecule has 3 heterocycles. The second kappa shape index (κ2) is 11.4. The van der Waals surface area contributed by atoms with Gasteiger partial charge < -0.3 is 8.83 Å². The summed E-state index contributed by atoms with van der Waals surface area (Å²) in [7, 11) is 0. The minimum atomic E-state index is 0.553. The highest BCUT2D eigenvalue weighted by atomic mass is 16.3. The SMILES string of the molecule is c1ccc(-c2nc(-c3cc(-c4ccccc4)c4c(c3)oc3ccccc34)nc(-c3ccc4c(oc5ccccc54)c3-c3ccccc3)n2)cc1. The molecule has 0 amide bonds. The Bertz CT molecular complexity index is 2860. The van der Waals surface area contributed by atoms with E-state index in [1.54, 1.807) is 0 Å². The third-order valence-corrected chi connectivity index (χ3v) is 9.34. The molecule has 0 spiro atoms. The summed E-state index contributed by atoms with van der Waals surface area (Å²) in [6.45, 7) is 0. The van der Waals surface area contributed by atoms with Gasteiger partial charge in [-0.3, -0.25) is 0 Å². The topological polar surface area (TPSA) is 65.0 Å². The molecule has 7 aromatic carbocycles. The van der Waals surface area contributed by atoms with Crippen LogP contribution < -0.4 is 0 Å². The second-order valence-electron chi connectivity index (χ2n) is 12.4. The molecule has 50 heavy (non-hydrogen) atoms. The predicted octanol–water partition coefficient (Wildman–Crippen LogP) is 12.0. The van der Waals surface area contributed by atoms with Crippen molar-refractivity contribution in [1.29, 1.82) is 0 Å². The van der Waals surface area contributed by atoms with Crippen molar-refractivity contribution < 1.29 is 8.83 Å². The fourth-order valence-corrected chi connectivity index (χ4v) is 7.04. The summed E-state index contributed by atoms with van der Waals surface area (Å²) in [5.41, 5.74) is 9.95. The Morgan fingerprint density at radius 3 is 1.62 bits per heavy atom. The maximum Gasteiger partial charge on any atom is 0.164 e. The van der Waals surface area contributed by atoms with Crippen LogP contribution in [0.15, 0.2) is 173 Å². The largest absolute Gasteiger partial charge is 0.456 e. The third kappa shape index (κ3) is 4.60. The van der Waals surface area contributed by atoms with Crippen molar-refractivity contribution in [2.75, 3.05) is 0 Å². The molecule has 3 aromatic heterocycles. The number of rotatable bonds is 5. The van der Waals surface area contributed by atoms with E-state index in [-0.39, 0.29) is 0 Å². The van der Waals surface area contributed by atoms with Gasteiger partial charge in [0.05, 0.1) is 0 Å². The Morgan fingerprint density at radius 1 is 0.340 bits per heavy atom. The number of nitrogens with zero attached hydrogens (tertiary/aromatic N) is 3. The minimum Gasteiger partial charge on any atom is -0.456 e. The van der Waals surface area contributed by atoms with Crippen LogP contribution in [-0.2, 0) is 0 Å². The number of benzene rings is 7. The van der Waals surface area contributed by atoms with Crippen LogP contribution in [-0.4, -0.2) is 15.0 Å². The maximum absolute atomic E-state index is 6.59. The van der Waals surface area contributed by atoms with Crippen molar-refractivity contribution in [2.45, 2.75) is 0 Å². The quantitative estimate of drug-likeness (QED) is 0.187. The fraction of sp³-hybridized carbons (Fsp3) is 0. The van der Waals surface area contributed by atoms with Crippen LogP contribution in [0.3, 0.4) is 0 Å². The smallest absolute Gasteiger partial charge is 0.164 e. The van der Waals surface area contributed by atoms with Gasteiger partial charge in [0.25, 0.3) is 0 Å². The molecule has 0 saturated heterocycles. The van der Waals surface area contributed by atoms with Crippen molar-refractivity contribution >= 4 is 43.9 Å². The molecule has 0 bridgehead atoms. The predicted molar refractivity (Wildman–Crippen MR) is 202 cm³/mol. The number of fused-ring (bicyclic) bond motifs is 6. The van der Waals surface area contributed by atoms with Gasteiger partial charge in [0.15, 0.2) is 17.5 Å². The molecule has 0 aliphatic heterocycles. The Labute approximate surface area is 287 Å². The summed E-state index contributed by atoms with van der Waals surface area (Å²) in [6, 6.07) is 55.6. The Kier molecular flexibility index (Phi) is 6.42. The fourth-order valence-electron chi connectivity index (χ4n) is 7.04. The van der Waals surface area contributed by atoms with E-state index < -0.39 is 0 Å². The molecule has 0 unspecified atom stereocenters. The van der Waals surface area contributed by atoms with Gasteiger partial charge in [-0.1, -0.05) is 127 Å². The first kappa shape index (κ1) is 28.2. The zero-order valence-electron chi connectivity index (χ0n) is 26.7. The Hall–Kier alpha value is -6.85. The number of hydrogen-bond acceptors (Lipinski definition) is 5. The van der Waals surface area contributed by atoms with Crippen LogP contribution in [0, 0.1) is 0 Å². The van der Waals surface area contributed by atoms with Gasteiger partial charge in [0.1, 0.15) is 22.3 Å². The summed E-state index contributed by atoms with van der Waals surface area (Å²) in [5, 5.41) is 4.25. The van der Waals surface area contributed by atoms with E-state index in [0.29, 0.717) is 17.5 Å². The third-order valence-electron chi connectivity index (χ3n) is 9.34. The van der Waals surface area contributed by atoms with E-state index in [1.165, 1.54) is 0 Å². The first-order valence-corrected chi connectivity index (χ1v) is 16.6. The highest BCUT2D eigenvalue weighted by Gasteiger charge is 2.22. The van der Waals surface area contributed by atoms with Crippen LogP contribution in [0.2, 0.25) is 0 Å². The second-order valence-corrected chi connectivity index (χ2v) is 12.4. The standard InChI is InChI=1S/C45H27N3O2/c1-4-14-28(15-5-1)36-26-31(27-39-41(36)34-21-11-13-23-38(34)49-39)44-46-43(30-18-8-3-9-19-30)47-45(48-44)35-25-24-33-32-20-10-12-22-37(32)50-42(33)40(35)29-16-6-2-7-17-29/h1-27H. The molecule has 0 N–H and O–H groups in total. The molecular weight excluding hydrogens is 615 g/mol. The Balaban J connectivity index is 1.27. The van der Waals surface area contributed by atoms with Crippen LogP contribution in [0.25, 0.3) is 100 Å². The molecule has 10 aromatic rings. The number of para-hydroxylation sites is 2. The molecule has 0 saturated carbocycles. The van der Waals surface area contributed by atoms with Crippen molar-refractivity contribution in [2.24, 2.45) is 0 Å². The highest BCUT2D eigenvalue weighted by molar-refractivity contribution is 6.14. The zero-order valence-corrected chi connectivity index (χ0v) is 26.7. The van der Waals surface area contributed by atoms with E-state index in [1.807, 2.05) is 91.0 Å². The monoisotopic (exact) mass is 641 g/mol. The van der Waals surface area contributed by atoms with E-state index in [0.717, 1.165) is 82.8 Å². The molecule has 0 fully saturated rings. The number of aromatic nitrogens is 3. The number of hydrogen-bond donors (Lipinski definition) is 0. The molecule has 5 nitrogen and oxygen atoms in total. The Morgan fingerprint density at radius 2 is 0.900 bits per heavy atom. The molecular formula is C45H27N3O2. The molecule has 0 aliphatic rings. The lowest BCUT2D eigenvalue weighted by molar-refractivity contribution is 0.669. The molecule has 0 radical (unpaired) electrons. The van der Waals surface area contributed by atoms with Gasteiger partial charge in [0.2, 0.25) is 0 Å². The van der Waals surface area contributed by atoms with E-state index in [4.69, 9.17) is 23.8 Å². The maximum atomic E-state index is 6.59. The van der Waals surface area contributed by atoms with Crippen LogP contribution in [0.4, 0.5) is 0 Å². The average Bonchev–Trinajstić information content (AvgIpc) is 3.76. The van der Waals surface area contributed by atoms with Gasteiger partial charge in [-0.05, 0) is 53.1 Å². The van der Waals surface area contributed by atoms with Gasteiger partial charge in [-0.15, -0.1) is 0 Å². The lowest BCUT2D eigenvalue weighted by atomic mass is 9.95. The normalized spacial score (nSPS) is 11.6. The lowest BCUT2D eigenvalue weighted by Crippen LogP contribution is -2.01. The minimum absolute atomic E-state index is 0.553. The first-order chi connectivity index (χ1) is 24.8. The van der Waals surface area contributed by atoms with Crippen molar-refractivity contribution in [3.63, 3.8) is 0 Å². The van der Waals surface area contributed by atoms with Crippen molar-refractivity contribution in [3.8, 4) is 56.4 Å². The van der Waals surface area contributed by atoms with Gasteiger partial charge in [-0.2, -0.15) is 0 Å². The average molecular weight is 642 g/mol. The van der Waals surface area contributed by atoms with Crippen LogP contribution in [0.1, 0.15) is 0 Å². The van der Waals surface area contributed by atoms with Crippen LogP contribution >= 0.6 is 0 Å². The number of furan rings is 2. The molecule has 234 valence electrons. The molecule has 10 rings (SSSR count). The summed E-state index contributed by atoms with van der Waals surface area (Å²) < 4.78 is 13.1. The first-order valence-electron chi connectivity index (χ1n) is 16.6. The molecule has 0 atom stereocenters. The van der Waals surface area contributed by atoms with E-state index in [9.17, 15) is 0 Å². The van der Waals surface area contributed by atoms with Crippen molar-refractivity contribution in [3.05, 3.63) is 164 Å². The summed E-state index contributed by atoms with van der Waals surface area (Å²) in [4.78, 5) is 15.5. The molecule has 0 aliphatic carbocycles. The summed E-state index contributed by atoms with van der Waals surface area (Å²) in [6.07, 6.45) is 0. The highest BCUT2D eigenvalue weighted by Crippen LogP contribution is 2.43. The van der Waals surface area contributed by atoms with Crippen molar-refractivity contribution in [1.82, 2.24) is 15.0 Å². The van der Waals surface area contributed by atoms with E-state index >= 15 is 0 Å². The van der Waals surface area contributed by atoms with Gasteiger partial charge in [-0.25, -0.2) is 15.0 Å². The summed E-state index contributed by atoms with van der Waals surface area (Å²) in [5.74, 6) is 1.69. The van der Waals surface area contributed by atoms with Gasteiger partial charge >= 0.3 is 0 Å². The molecule has 5 heteroatoms. The zero-order chi connectivity index (χ0) is 33.0. The van der Waals surface area contributed by atoms with Gasteiger partial charge in [0, 0.05) is 43.8 Å². The summed E-state index contributed by atoms with van der Waals surface area (Å²) >= 11 is 0. The van der Waals surface area contributed by atoms with Crippen LogP contribution in [0.5, 0.6) is 0 Å². The van der Waals surface area contributed by atoms with E-state index in [2.05, 4.69) is 72.8 Å².